The van der Waals surface area contributed by atoms with E-state index in [0.717, 1.165) is 56.2 Å². The number of benzene rings is 1. The molecule has 5 nitrogen and oxygen atoms in total. The van der Waals surface area contributed by atoms with Crippen molar-refractivity contribution in [3.8, 4) is 5.75 Å². The van der Waals surface area contributed by atoms with Crippen LogP contribution >= 0.6 is 0 Å². The van der Waals surface area contributed by atoms with Crippen LogP contribution in [0.5, 0.6) is 5.75 Å². The zero-order chi connectivity index (χ0) is 26.2. The van der Waals surface area contributed by atoms with Crippen LogP contribution in [0.2, 0.25) is 0 Å². The molecule has 0 aromatic heterocycles. The van der Waals surface area contributed by atoms with Gasteiger partial charge in [0.05, 0.1) is 6.61 Å². The van der Waals surface area contributed by atoms with E-state index < -0.39 is 17.5 Å². The summed E-state index contributed by atoms with van der Waals surface area (Å²) in [4.78, 5) is 14.1. The van der Waals surface area contributed by atoms with Crippen LogP contribution in [0.25, 0.3) is 0 Å². The standard InChI is InChI=1S/C31H45F2NO4/c1-29(27-21-23-4-2-5-24(20-23)22-27)36-31(38-37-29)12-10-26(11-13-31)25-6-8-28(9-7-25)35-19-3-16-34-17-14-30(32,33)15-18-34/h6-9,23-24,26-27H,2-5,10-22H2,1H3/t23?,24?,26-,27?,29-,31+/m0/s1. The zero-order valence-corrected chi connectivity index (χ0v) is 23.0. The van der Waals surface area contributed by atoms with Crippen LogP contribution in [0.4, 0.5) is 8.78 Å². The zero-order valence-electron chi connectivity index (χ0n) is 23.0. The van der Waals surface area contributed by atoms with Gasteiger partial charge in [-0.05, 0) is 80.9 Å². The molecule has 2 heterocycles. The minimum atomic E-state index is -2.48. The molecular formula is C31H45F2NO4. The van der Waals surface area contributed by atoms with Gasteiger partial charge in [0.25, 0.3) is 5.92 Å². The number of hydrogen-bond acceptors (Lipinski definition) is 5. The smallest absolute Gasteiger partial charge is 0.250 e. The van der Waals surface area contributed by atoms with Crippen molar-refractivity contribution in [3.63, 3.8) is 0 Å². The molecule has 0 N–H and O–H groups in total. The first kappa shape index (κ1) is 26.9. The molecule has 38 heavy (non-hydrogen) atoms. The van der Waals surface area contributed by atoms with Gasteiger partial charge in [-0.3, -0.25) is 0 Å². The number of nitrogens with zero attached hydrogens (tertiary/aromatic N) is 1. The summed E-state index contributed by atoms with van der Waals surface area (Å²) < 4.78 is 39.2. The van der Waals surface area contributed by atoms with Crippen molar-refractivity contribution < 1.29 is 28.0 Å². The number of ether oxygens (including phenoxy) is 2. The predicted octanol–water partition coefficient (Wildman–Crippen LogP) is 7.45. The van der Waals surface area contributed by atoms with Crippen molar-refractivity contribution in [2.24, 2.45) is 17.8 Å². The molecule has 2 aliphatic heterocycles. The fourth-order valence-electron chi connectivity index (χ4n) is 7.87. The van der Waals surface area contributed by atoms with Crippen LogP contribution in [-0.4, -0.2) is 48.6 Å². The molecule has 2 saturated heterocycles. The average molecular weight is 534 g/mol. The monoisotopic (exact) mass is 533 g/mol. The molecule has 0 amide bonds. The second kappa shape index (κ2) is 10.9. The maximum atomic E-state index is 13.3. The highest BCUT2D eigenvalue weighted by Gasteiger charge is 2.56. The molecule has 1 spiro atoms. The van der Waals surface area contributed by atoms with E-state index in [9.17, 15) is 8.78 Å². The van der Waals surface area contributed by atoms with Gasteiger partial charge in [-0.1, -0.05) is 31.4 Å². The normalized spacial score (nSPS) is 39.3. The highest BCUT2D eigenvalue weighted by Crippen LogP contribution is 2.53. The molecule has 7 heteroatoms. The van der Waals surface area contributed by atoms with Gasteiger partial charge >= 0.3 is 0 Å². The topological polar surface area (TPSA) is 40.2 Å². The SMILES string of the molecule is C[C@@]1(C2CC3CCCC(C3)C2)OO[C@]2(CC[C@@H](c3ccc(OCCCN4CCC(F)(F)CC4)cc3)CC2)O1. The van der Waals surface area contributed by atoms with Crippen molar-refractivity contribution in [1.29, 1.82) is 0 Å². The lowest BCUT2D eigenvalue weighted by molar-refractivity contribution is -0.361. The van der Waals surface area contributed by atoms with E-state index in [0.29, 0.717) is 31.5 Å². The third-order valence-corrected chi connectivity index (χ3v) is 10.2. The van der Waals surface area contributed by atoms with E-state index in [1.54, 1.807) is 0 Å². The molecule has 1 aromatic rings. The highest BCUT2D eigenvalue weighted by atomic mass is 19.3. The Morgan fingerprint density at radius 2 is 1.58 bits per heavy atom. The second-order valence-corrected chi connectivity index (χ2v) is 13.0. The van der Waals surface area contributed by atoms with Crippen LogP contribution in [0.3, 0.4) is 0 Å². The van der Waals surface area contributed by atoms with Crippen molar-refractivity contribution in [3.05, 3.63) is 29.8 Å². The average Bonchev–Trinajstić information content (AvgIpc) is 3.25. The summed E-state index contributed by atoms with van der Waals surface area (Å²) >= 11 is 0. The van der Waals surface area contributed by atoms with E-state index in [1.807, 2.05) is 0 Å². The Hall–Kier alpha value is -1.28. The Kier molecular flexibility index (Phi) is 7.75. The lowest BCUT2D eigenvalue weighted by Gasteiger charge is -2.44. The molecule has 5 fully saturated rings. The predicted molar refractivity (Wildman–Crippen MR) is 141 cm³/mol. The van der Waals surface area contributed by atoms with Crippen LogP contribution in [-0.2, 0) is 14.5 Å². The number of alkyl halides is 2. The Morgan fingerprint density at radius 1 is 0.895 bits per heavy atom. The summed E-state index contributed by atoms with van der Waals surface area (Å²) in [6, 6.07) is 8.48. The molecule has 5 aliphatic rings. The lowest BCUT2D eigenvalue weighted by atomic mass is 9.66. The molecule has 2 bridgehead atoms. The van der Waals surface area contributed by atoms with Crippen molar-refractivity contribution >= 4 is 0 Å². The molecule has 3 saturated carbocycles. The van der Waals surface area contributed by atoms with Gasteiger partial charge in [-0.25, -0.2) is 8.78 Å². The molecule has 1 aromatic carbocycles. The third kappa shape index (κ3) is 6.06. The summed E-state index contributed by atoms with van der Waals surface area (Å²) in [5.74, 6) is -0.226. The highest BCUT2D eigenvalue weighted by molar-refractivity contribution is 5.30. The van der Waals surface area contributed by atoms with E-state index in [-0.39, 0.29) is 12.8 Å². The summed E-state index contributed by atoms with van der Waals surface area (Å²) in [5, 5.41) is 0. The number of fused-ring (bicyclic) bond motifs is 2. The largest absolute Gasteiger partial charge is 0.494 e. The Labute approximate surface area is 226 Å². The van der Waals surface area contributed by atoms with E-state index in [4.69, 9.17) is 19.2 Å². The van der Waals surface area contributed by atoms with Crippen LogP contribution in [0, 0.1) is 17.8 Å². The van der Waals surface area contributed by atoms with Crippen molar-refractivity contribution in [2.75, 3.05) is 26.2 Å². The number of halogens is 2. The maximum absolute atomic E-state index is 13.3. The molecular weight excluding hydrogens is 488 g/mol. The number of hydrogen-bond donors (Lipinski definition) is 0. The minimum Gasteiger partial charge on any atom is -0.494 e. The number of piperidine rings is 1. The number of rotatable bonds is 7. The first-order valence-electron chi connectivity index (χ1n) is 15.2. The fourth-order valence-corrected chi connectivity index (χ4v) is 7.87. The minimum absolute atomic E-state index is 0.0243. The van der Waals surface area contributed by atoms with Gasteiger partial charge in [0.2, 0.25) is 11.6 Å². The molecule has 6 rings (SSSR count). The second-order valence-electron chi connectivity index (χ2n) is 13.0. The third-order valence-electron chi connectivity index (χ3n) is 10.2. The van der Waals surface area contributed by atoms with E-state index in [2.05, 4.69) is 36.1 Å². The summed E-state index contributed by atoms with van der Waals surface area (Å²) in [7, 11) is 0. The van der Waals surface area contributed by atoms with Crippen LogP contribution < -0.4 is 4.74 Å². The Balaban J connectivity index is 0.939. The van der Waals surface area contributed by atoms with Crippen LogP contribution in [0.15, 0.2) is 24.3 Å². The first-order valence-corrected chi connectivity index (χ1v) is 15.2. The van der Waals surface area contributed by atoms with Gasteiger partial charge in [-0.2, -0.15) is 9.78 Å². The van der Waals surface area contributed by atoms with Gasteiger partial charge in [0.1, 0.15) is 5.75 Å². The molecule has 0 radical (unpaired) electrons. The summed E-state index contributed by atoms with van der Waals surface area (Å²) in [6.45, 7) is 4.49. The number of likely N-dealkylation sites (tertiary alicyclic amines) is 1. The van der Waals surface area contributed by atoms with E-state index in [1.165, 1.54) is 44.1 Å². The van der Waals surface area contributed by atoms with Gasteiger partial charge in [-0.15, -0.1) is 0 Å². The summed E-state index contributed by atoms with van der Waals surface area (Å²) in [5.41, 5.74) is 1.34. The van der Waals surface area contributed by atoms with Gasteiger partial charge < -0.3 is 14.4 Å². The van der Waals surface area contributed by atoms with E-state index >= 15 is 0 Å². The lowest BCUT2D eigenvalue weighted by Crippen LogP contribution is -2.45. The quantitative estimate of drug-likeness (QED) is 0.269. The molecule has 3 atom stereocenters. The fraction of sp³-hybridized carbons (Fsp3) is 0.806. The first-order chi connectivity index (χ1) is 18.3. The maximum Gasteiger partial charge on any atom is 0.250 e. The summed E-state index contributed by atoms with van der Waals surface area (Å²) in [6.07, 6.45) is 12.5. The molecule has 3 aliphatic carbocycles. The van der Waals surface area contributed by atoms with Gasteiger partial charge in [0, 0.05) is 51.2 Å². The van der Waals surface area contributed by atoms with Crippen molar-refractivity contribution in [2.45, 2.75) is 114 Å². The van der Waals surface area contributed by atoms with Crippen LogP contribution in [0.1, 0.15) is 102 Å². The van der Waals surface area contributed by atoms with Gasteiger partial charge in [0.15, 0.2) is 0 Å². The Morgan fingerprint density at radius 3 is 2.26 bits per heavy atom. The van der Waals surface area contributed by atoms with Crippen molar-refractivity contribution in [1.82, 2.24) is 4.90 Å². The molecule has 212 valence electrons. The Bertz CT molecular complexity index is 912. The molecule has 2 unspecified atom stereocenters.